The van der Waals surface area contributed by atoms with Gasteiger partial charge in [0.2, 0.25) is 0 Å². The van der Waals surface area contributed by atoms with Crippen LogP contribution in [0.25, 0.3) is 0 Å². The van der Waals surface area contributed by atoms with E-state index in [1.54, 1.807) is 12.1 Å². The number of carbonyl (C=O) groups is 1. The third-order valence-corrected chi connectivity index (χ3v) is 3.31. The van der Waals surface area contributed by atoms with E-state index in [0.717, 1.165) is 12.1 Å². The number of hydrogen-bond acceptors (Lipinski definition) is 3. The standard InChI is InChI=1S/C14H11Cl2FN2O2/c1-21-12-3-2-8(18)6-9(12)14(20)19-13-10(15)4-7(17)5-11(13)16/h2-6H,18H2,1H3,(H,19,20). The molecular weight excluding hydrogens is 318 g/mol. The molecule has 0 radical (unpaired) electrons. The molecule has 0 aliphatic carbocycles. The topological polar surface area (TPSA) is 64.3 Å². The largest absolute Gasteiger partial charge is 0.496 e. The minimum atomic E-state index is -0.593. The summed E-state index contributed by atoms with van der Waals surface area (Å²) in [5.41, 5.74) is 6.39. The molecule has 0 aromatic heterocycles. The maximum atomic E-state index is 13.1. The minimum Gasteiger partial charge on any atom is -0.496 e. The van der Waals surface area contributed by atoms with Crippen LogP contribution >= 0.6 is 23.2 Å². The number of halogens is 3. The van der Waals surface area contributed by atoms with Crippen molar-refractivity contribution in [2.24, 2.45) is 0 Å². The zero-order valence-electron chi connectivity index (χ0n) is 10.9. The third kappa shape index (κ3) is 3.37. The van der Waals surface area contributed by atoms with Crippen molar-refractivity contribution in [2.75, 3.05) is 18.2 Å². The van der Waals surface area contributed by atoms with Crippen molar-refractivity contribution in [1.82, 2.24) is 0 Å². The van der Waals surface area contributed by atoms with Crippen molar-refractivity contribution < 1.29 is 13.9 Å². The number of nitrogens with one attached hydrogen (secondary N) is 1. The Bertz CT molecular complexity index is 684. The van der Waals surface area contributed by atoms with Crippen molar-refractivity contribution in [3.05, 3.63) is 51.8 Å². The van der Waals surface area contributed by atoms with Gasteiger partial charge >= 0.3 is 0 Å². The lowest BCUT2D eigenvalue weighted by Gasteiger charge is -2.12. The SMILES string of the molecule is COc1ccc(N)cc1C(=O)Nc1c(Cl)cc(F)cc1Cl. The van der Waals surface area contributed by atoms with Gasteiger partial charge in [0.05, 0.1) is 28.4 Å². The van der Waals surface area contributed by atoms with E-state index in [0.29, 0.717) is 11.4 Å². The summed E-state index contributed by atoms with van der Waals surface area (Å²) in [7, 11) is 1.43. The molecule has 0 fully saturated rings. The summed E-state index contributed by atoms with van der Waals surface area (Å²) >= 11 is 11.8. The molecule has 0 unspecified atom stereocenters. The smallest absolute Gasteiger partial charge is 0.259 e. The minimum absolute atomic E-state index is 0.00350. The molecule has 7 heteroatoms. The predicted molar refractivity (Wildman–Crippen MR) is 81.8 cm³/mol. The molecule has 2 aromatic carbocycles. The molecule has 0 bridgehead atoms. The van der Waals surface area contributed by atoms with E-state index in [2.05, 4.69) is 5.32 Å². The van der Waals surface area contributed by atoms with Crippen LogP contribution in [0.5, 0.6) is 5.75 Å². The molecule has 2 aromatic rings. The first kappa shape index (κ1) is 15.4. The van der Waals surface area contributed by atoms with Crippen molar-refractivity contribution in [2.45, 2.75) is 0 Å². The average molecular weight is 329 g/mol. The molecule has 2 rings (SSSR count). The first-order valence-electron chi connectivity index (χ1n) is 5.81. The van der Waals surface area contributed by atoms with Gasteiger partial charge in [-0.25, -0.2) is 4.39 Å². The van der Waals surface area contributed by atoms with Gasteiger partial charge in [0.25, 0.3) is 5.91 Å². The molecule has 110 valence electrons. The van der Waals surface area contributed by atoms with E-state index in [4.69, 9.17) is 33.7 Å². The number of anilines is 2. The highest BCUT2D eigenvalue weighted by Gasteiger charge is 2.16. The van der Waals surface area contributed by atoms with Crippen molar-refractivity contribution in [3.8, 4) is 5.75 Å². The summed E-state index contributed by atoms with van der Waals surface area (Å²) in [6, 6.07) is 6.74. The van der Waals surface area contributed by atoms with Crippen LogP contribution in [0, 0.1) is 5.82 Å². The molecule has 0 heterocycles. The number of amides is 1. The fourth-order valence-electron chi connectivity index (χ4n) is 1.75. The van der Waals surface area contributed by atoms with E-state index >= 15 is 0 Å². The van der Waals surface area contributed by atoms with Crippen molar-refractivity contribution in [3.63, 3.8) is 0 Å². The summed E-state index contributed by atoms with van der Waals surface area (Å²) in [4.78, 5) is 12.3. The second-order valence-corrected chi connectivity index (χ2v) is 4.97. The molecule has 0 aliphatic rings. The Morgan fingerprint density at radius 3 is 2.43 bits per heavy atom. The Morgan fingerprint density at radius 1 is 1.24 bits per heavy atom. The quantitative estimate of drug-likeness (QED) is 0.837. The number of carbonyl (C=O) groups excluding carboxylic acids is 1. The van der Waals surface area contributed by atoms with Crippen molar-refractivity contribution in [1.29, 1.82) is 0 Å². The van der Waals surface area contributed by atoms with Crippen molar-refractivity contribution >= 4 is 40.5 Å². The van der Waals surface area contributed by atoms with Crippen LogP contribution in [0.2, 0.25) is 10.0 Å². The number of benzene rings is 2. The van der Waals surface area contributed by atoms with E-state index in [1.807, 2.05) is 0 Å². The lowest BCUT2D eigenvalue weighted by atomic mass is 10.1. The van der Waals surface area contributed by atoms with Crippen LogP contribution in [0.4, 0.5) is 15.8 Å². The Morgan fingerprint density at radius 2 is 1.86 bits per heavy atom. The number of rotatable bonds is 3. The van der Waals surface area contributed by atoms with Crippen LogP contribution < -0.4 is 15.8 Å². The average Bonchev–Trinajstić information content (AvgIpc) is 2.42. The maximum absolute atomic E-state index is 13.1. The van der Waals surface area contributed by atoms with Gasteiger partial charge in [-0.05, 0) is 30.3 Å². The number of methoxy groups -OCH3 is 1. The zero-order chi connectivity index (χ0) is 15.6. The highest BCUT2D eigenvalue weighted by molar-refractivity contribution is 6.40. The monoisotopic (exact) mass is 328 g/mol. The fourth-order valence-corrected chi connectivity index (χ4v) is 2.30. The van der Waals surface area contributed by atoms with Crippen LogP contribution in [-0.4, -0.2) is 13.0 Å². The number of nitrogens with two attached hydrogens (primary N) is 1. The van der Waals surface area contributed by atoms with Gasteiger partial charge in [0, 0.05) is 5.69 Å². The molecule has 0 saturated heterocycles. The lowest BCUT2D eigenvalue weighted by Crippen LogP contribution is -2.14. The molecule has 3 N–H and O–H groups in total. The highest BCUT2D eigenvalue weighted by atomic mass is 35.5. The number of ether oxygens (including phenoxy) is 1. The normalized spacial score (nSPS) is 10.3. The second-order valence-electron chi connectivity index (χ2n) is 4.16. The summed E-state index contributed by atoms with van der Waals surface area (Å²) in [6.45, 7) is 0. The molecule has 0 spiro atoms. The molecule has 4 nitrogen and oxygen atoms in total. The van der Waals surface area contributed by atoms with Gasteiger partial charge in [-0.1, -0.05) is 23.2 Å². The van der Waals surface area contributed by atoms with Crippen LogP contribution in [0.1, 0.15) is 10.4 Å². The van der Waals surface area contributed by atoms with Gasteiger partial charge in [0.15, 0.2) is 0 Å². The van der Waals surface area contributed by atoms with Gasteiger partial charge < -0.3 is 15.8 Å². The Balaban J connectivity index is 2.37. The molecule has 0 aliphatic heterocycles. The predicted octanol–water partition coefficient (Wildman–Crippen LogP) is 3.98. The molecular formula is C14H11Cl2FN2O2. The highest BCUT2D eigenvalue weighted by Crippen LogP contribution is 2.32. The molecule has 1 amide bonds. The van der Waals surface area contributed by atoms with E-state index in [9.17, 15) is 9.18 Å². The van der Waals surface area contributed by atoms with Gasteiger partial charge in [-0.2, -0.15) is 0 Å². The Kier molecular flexibility index (Phi) is 4.55. The molecule has 21 heavy (non-hydrogen) atoms. The summed E-state index contributed by atoms with van der Waals surface area (Å²) in [6.07, 6.45) is 0. The Hall–Kier alpha value is -1.98. The zero-order valence-corrected chi connectivity index (χ0v) is 12.4. The third-order valence-electron chi connectivity index (χ3n) is 2.71. The van der Waals surface area contributed by atoms with Crippen LogP contribution in [0.15, 0.2) is 30.3 Å². The van der Waals surface area contributed by atoms with E-state index in [-0.39, 0.29) is 21.3 Å². The Labute approximate surface area is 130 Å². The van der Waals surface area contributed by atoms with Crippen LogP contribution in [0.3, 0.4) is 0 Å². The summed E-state index contributed by atoms with van der Waals surface area (Å²) < 4.78 is 18.2. The molecule has 0 saturated carbocycles. The summed E-state index contributed by atoms with van der Waals surface area (Å²) in [5.74, 6) is -0.768. The van der Waals surface area contributed by atoms with Gasteiger partial charge in [-0.15, -0.1) is 0 Å². The van der Waals surface area contributed by atoms with Gasteiger partial charge in [0.1, 0.15) is 11.6 Å². The lowest BCUT2D eigenvalue weighted by molar-refractivity contribution is 0.102. The van der Waals surface area contributed by atoms with Gasteiger partial charge in [-0.3, -0.25) is 4.79 Å². The first-order chi connectivity index (χ1) is 9.92. The van der Waals surface area contributed by atoms with E-state index < -0.39 is 11.7 Å². The summed E-state index contributed by atoms with van der Waals surface area (Å²) in [5, 5.41) is 2.51. The van der Waals surface area contributed by atoms with E-state index in [1.165, 1.54) is 13.2 Å². The number of nitrogen functional groups attached to an aromatic ring is 1. The first-order valence-corrected chi connectivity index (χ1v) is 6.57. The second kappa shape index (κ2) is 6.20. The number of hydrogen-bond donors (Lipinski definition) is 2. The maximum Gasteiger partial charge on any atom is 0.259 e. The molecule has 0 atom stereocenters. The fraction of sp³-hybridized carbons (Fsp3) is 0.0714. The van der Waals surface area contributed by atoms with Crippen LogP contribution in [-0.2, 0) is 0 Å².